The summed E-state index contributed by atoms with van der Waals surface area (Å²) >= 11 is 7.49. The second kappa shape index (κ2) is 6.64. The predicted molar refractivity (Wildman–Crippen MR) is 79.5 cm³/mol. The summed E-state index contributed by atoms with van der Waals surface area (Å²) in [4.78, 5) is 13.0. The molecule has 0 aliphatic rings. The molecular formula is C15H13ClO2S. The molecular weight excluding hydrogens is 280 g/mol. The zero-order chi connectivity index (χ0) is 13.7. The number of carbonyl (C=O) groups excluding carboxylic acids is 1. The molecule has 2 nitrogen and oxygen atoms in total. The average Bonchev–Trinajstić information content (AvgIpc) is 2.46. The van der Waals surface area contributed by atoms with E-state index >= 15 is 0 Å². The zero-order valence-electron chi connectivity index (χ0n) is 10.4. The molecule has 0 bridgehead atoms. The Labute approximate surface area is 121 Å². The van der Waals surface area contributed by atoms with Crippen molar-refractivity contribution in [3.05, 3.63) is 59.1 Å². The molecule has 4 heteroatoms. The quantitative estimate of drug-likeness (QED) is 0.606. The smallest absolute Gasteiger partial charge is 0.173 e. The van der Waals surface area contributed by atoms with Gasteiger partial charge >= 0.3 is 0 Å². The first-order valence-corrected chi connectivity index (χ1v) is 7.11. The molecule has 0 amide bonds. The number of methoxy groups -OCH3 is 1. The van der Waals surface area contributed by atoms with Crippen molar-refractivity contribution in [1.82, 2.24) is 0 Å². The van der Waals surface area contributed by atoms with Crippen LogP contribution in [-0.2, 0) is 0 Å². The highest BCUT2D eigenvalue weighted by Crippen LogP contribution is 2.27. The van der Waals surface area contributed by atoms with Crippen LogP contribution in [0.4, 0.5) is 0 Å². The second-order valence-corrected chi connectivity index (χ2v) is 5.30. The number of halogens is 1. The third-order valence-corrected chi connectivity index (χ3v) is 4.10. The summed E-state index contributed by atoms with van der Waals surface area (Å²) < 4.78 is 5.11. The Morgan fingerprint density at radius 1 is 1.21 bits per heavy atom. The SMILES string of the molecule is COc1cccc(C(=O)CSc2ccccc2Cl)c1. The highest BCUT2D eigenvalue weighted by Gasteiger charge is 2.09. The lowest BCUT2D eigenvalue weighted by Gasteiger charge is -2.05. The maximum absolute atomic E-state index is 12.1. The Kier molecular flexibility index (Phi) is 4.88. The molecule has 0 aliphatic heterocycles. The zero-order valence-corrected chi connectivity index (χ0v) is 12.0. The fourth-order valence-electron chi connectivity index (χ4n) is 1.58. The topological polar surface area (TPSA) is 26.3 Å². The summed E-state index contributed by atoms with van der Waals surface area (Å²) in [7, 11) is 1.59. The number of ether oxygens (including phenoxy) is 1. The standard InChI is InChI=1S/C15H13ClO2S/c1-18-12-6-4-5-11(9-12)14(17)10-19-15-8-3-2-7-13(15)16/h2-9H,10H2,1H3. The maximum atomic E-state index is 12.1. The largest absolute Gasteiger partial charge is 0.497 e. The van der Waals surface area contributed by atoms with Gasteiger partial charge in [0, 0.05) is 10.5 Å². The number of hydrogen-bond donors (Lipinski definition) is 0. The number of carbonyl (C=O) groups is 1. The number of ketones is 1. The van der Waals surface area contributed by atoms with Crippen molar-refractivity contribution < 1.29 is 9.53 Å². The van der Waals surface area contributed by atoms with Crippen molar-refractivity contribution in [2.24, 2.45) is 0 Å². The van der Waals surface area contributed by atoms with Crippen molar-refractivity contribution in [3.63, 3.8) is 0 Å². The van der Waals surface area contributed by atoms with Crippen LogP contribution in [0.5, 0.6) is 5.75 Å². The van der Waals surface area contributed by atoms with Gasteiger partial charge in [-0.15, -0.1) is 11.8 Å². The molecule has 0 heterocycles. The lowest BCUT2D eigenvalue weighted by Crippen LogP contribution is -2.02. The van der Waals surface area contributed by atoms with Crippen molar-refractivity contribution in [1.29, 1.82) is 0 Å². The minimum atomic E-state index is 0.0591. The fourth-order valence-corrected chi connectivity index (χ4v) is 2.72. The lowest BCUT2D eigenvalue weighted by atomic mass is 10.1. The Morgan fingerprint density at radius 2 is 2.00 bits per heavy atom. The van der Waals surface area contributed by atoms with Gasteiger partial charge in [-0.2, -0.15) is 0 Å². The van der Waals surface area contributed by atoms with Gasteiger partial charge in [0.05, 0.1) is 17.9 Å². The van der Waals surface area contributed by atoms with Gasteiger partial charge < -0.3 is 4.74 Å². The maximum Gasteiger partial charge on any atom is 0.173 e. The first-order valence-electron chi connectivity index (χ1n) is 5.75. The van der Waals surface area contributed by atoms with E-state index in [1.54, 1.807) is 19.2 Å². The van der Waals surface area contributed by atoms with Gasteiger partial charge in [-0.1, -0.05) is 35.9 Å². The number of rotatable bonds is 5. The van der Waals surface area contributed by atoms with Gasteiger partial charge in [0.15, 0.2) is 5.78 Å². The van der Waals surface area contributed by atoms with Crippen molar-refractivity contribution in [2.45, 2.75) is 4.90 Å². The van der Waals surface area contributed by atoms with E-state index in [9.17, 15) is 4.79 Å². The molecule has 2 rings (SSSR count). The minimum absolute atomic E-state index is 0.0591. The van der Waals surface area contributed by atoms with Gasteiger partial charge in [-0.25, -0.2) is 0 Å². The molecule has 0 saturated carbocycles. The second-order valence-electron chi connectivity index (χ2n) is 3.87. The van der Waals surface area contributed by atoms with Crippen LogP contribution in [0.1, 0.15) is 10.4 Å². The minimum Gasteiger partial charge on any atom is -0.497 e. The van der Waals surface area contributed by atoms with E-state index in [4.69, 9.17) is 16.3 Å². The third kappa shape index (κ3) is 3.75. The third-order valence-electron chi connectivity index (χ3n) is 2.59. The highest BCUT2D eigenvalue weighted by molar-refractivity contribution is 8.00. The molecule has 0 spiro atoms. The number of Topliss-reactive ketones (excluding diaryl/α,β-unsaturated/α-hetero) is 1. The lowest BCUT2D eigenvalue weighted by molar-refractivity contribution is 0.102. The van der Waals surface area contributed by atoms with Gasteiger partial charge in [0.25, 0.3) is 0 Å². The Bertz CT molecular complexity index is 584. The summed E-state index contributed by atoms with van der Waals surface area (Å²) in [5.41, 5.74) is 0.652. The average molecular weight is 293 g/mol. The van der Waals surface area contributed by atoms with Crippen LogP contribution in [0.3, 0.4) is 0 Å². The van der Waals surface area contributed by atoms with Crippen molar-refractivity contribution in [2.75, 3.05) is 12.9 Å². The monoisotopic (exact) mass is 292 g/mol. The van der Waals surface area contributed by atoms with E-state index < -0.39 is 0 Å². The van der Waals surface area contributed by atoms with Crippen LogP contribution in [0, 0.1) is 0 Å². The van der Waals surface area contributed by atoms with E-state index in [2.05, 4.69) is 0 Å². The van der Waals surface area contributed by atoms with E-state index in [0.29, 0.717) is 22.1 Å². The van der Waals surface area contributed by atoms with Crippen molar-refractivity contribution >= 4 is 29.1 Å². The molecule has 0 aromatic heterocycles. The summed E-state index contributed by atoms with van der Waals surface area (Å²) in [6.07, 6.45) is 0. The van der Waals surface area contributed by atoms with Crippen LogP contribution in [-0.4, -0.2) is 18.6 Å². The van der Waals surface area contributed by atoms with Crippen LogP contribution in [0.25, 0.3) is 0 Å². The summed E-state index contributed by atoms with van der Waals surface area (Å²) in [5, 5.41) is 0.672. The Morgan fingerprint density at radius 3 is 2.74 bits per heavy atom. The Balaban J connectivity index is 2.03. The highest BCUT2D eigenvalue weighted by atomic mass is 35.5. The summed E-state index contributed by atoms with van der Waals surface area (Å²) in [6, 6.07) is 14.7. The molecule has 2 aromatic rings. The van der Waals surface area contributed by atoms with Gasteiger partial charge in [-0.3, -0.25) is 4.79 Å². The molecule has 19 heavy (non-hydrogen) atoms. The molecule has 0 aliphatic carbocycles. The van der Waals surface area contributed by atoms with E-state index in [0.717, 1.165) is 4.90 Å². The fraction of sp³-hybridized carbons (Fsp3) is 0.133. The molecule has 0 unspecified atom stereocenters. The van der Waals surface area contributed by atoms with Crippen LogP contribution < -0.4 is 4.74 Å². The first-order chi connectivity index (χ1) is 9.20. The van der Waals surface area contributed by atoms with Crippen LogP contribution >= 0.6 is 23.4 Å². The summed E-state index contributed by atoms with van der Waals surface area (Å²) in [5.74, 6) is 1.11. The van der Waals surface area contributed by atoms with E-state index in [1.807, 2.05) is 36.4 Å². The molecule has 0 N–H and O–H groups in total. The molecule has 0 fully saturated rings. The molecule has 0 saturated heterocycles. The number of benzene rings is 2. The molecule has 0 radical (unpaired) electrons. The normalized spacial score (nSPS) is 10.2. The van der Waals surface area contributed by atoms with Gasteiger partial charge in [0.2, 0.25) is 0 Å². The van der Waals surface area contributed by atoms with Crippen LogP contribution in [0.2, 0.25) is 5.02 Å². The number of hydrogen-bond acceptors (Lipinski definition) is 3. The molecule has 2 aromatic carbocycles. The van der Waals surface area contributed by atoms with Gasteiger partial charge in [-0.05, 0) is 24.3 Å². The molecule has 0 atom stereocenters. The van der Waals surface area contributed by atoms with Gasteiger partial charge in [0.1, 0.15) is 5.75 Å². The summed E-state index contributed by atoms with van der Waals surface area (Å²) in [6.45, 7) is 0. The van der Waals surface area contributed by atoms with Crippen molar-refractivity contribution in [3.8, 4) is 5.75 Å². The van der Waals surface area contributed by atoms with E-state index in [1.165, 1.54) is 11.8 Å². The predicted octanol–water partition coefficient (Wildman–Crippen LogP) is 4.32. The number of thioether (sulfide) groups is 1. The van der Waals surface area contributed by atoms with Crippen LogP contribution in [0.15, 0.2) is 53.4 Å². The van der Waals surface area contributed by atoms with E-state index in [-0.39, 0.29) is 5.78 Å². The molecule has 98 valence electrons. The first kappa shape index (κ1) is 14.0. The Hall–Kier alpha value is -1.45.